The molecule has 0 aliphatic rings. The second kappa shape index (κ2) is 7.31. The van der Waals surface area contributed by atoms with Crippen LogP contribution in [-0.4, -0.2) is 0 Å². The molecule has 0 aliphatic heterocycles. The highest BCUT2D eigenvalue weighted by atomic mass is 14.2. The van der Waals surface area contributed by atoms with E-state index in [0.29, 0.717) is 0 Å². The number of hydrogen-bond acceptors (Lipinski definition) is 0. The second-order valence-electron chi connectivity index (χ2n) is 5.75. The van der Waals surface area contributed by atoms with Gasteiger partial charge < -0.3 is 0 Å². The molecule has 0 spiro atoms. The van der Waals surface area contributed by atoms with Crippen molar-refractivity contribution in [3.63, 3.8) is 0 Å². The molecule has 14 heavy (non-hydrogen) atoms. The van der Waals surface area contributed by atoms with E-state index in [1.165, 1.54) is 25.7 Å². The Balaban J connectivity index is 3.84. The zero-order chi connectivity index (χ0) is 11.1. The van der Waals surface area contributed by atoms with E-state index in [-0.39, 0.29) is 0 Å². The van der Waals surface area contributed by atoms with Crippen LogP contribution < -0.4 is 0 Å². The summed E-state index contributed by atoms with van der Waals surface area (Å²) in [5.74, 6) is 3.61. The molecule has 0 aromatic rings. The molecule has 0 rings (SSSR count). The highest BCUT2D eigenvalue weighted by molar-refractivity contribution is 4.67. The maximum Gasteiger partial charge on any atom is -0.0389 e. The van der Waals surface area contributed by atoms with Gasteiger partial charge in [-0.05, 0) is 30.1 Å². The maximum atomic E-state index is 2.44. The molecule has 0 fully saturated rings. The van der Waals surface area contributed by atoms with Gasteiger partial charge in [-0.25, -0.2) is 0 Å². The van der Waals surface area contributed by atoms with Gasteiger partial charge in [0.05, 0.1) is 0 Å². The van der Waals surface area contributed by atoms with Crippen molar-refractivity contribution in [2.75, 3.05) is 0 Å². The van der Waals surface area contributed by atoms with Crippen LogP contribution in [0.15, 0.2) is 0 Å². The highest BCUT2D eigenvalue weighted by Crippen LogP contribution is 2.27. The topological polar surface area (TPSA) is 0 Å². The van der Waals surface area contributed by atoms with Crippen LogP contribution in [0.25, 0.3) is 0 Å². The summed E-state index contributed by atoms with van der Waals surface area (Å²) in [7, 11) is 0. The van der Waals surface area contributed by atoms with Crippen molar-refractivity contribution in [1.82, 2.24) is 0 Å². The van der Waals surface area contributed by atoms with Crippen LogP contribution in [0.1, 0.15) is 67.2 Å². The fourth-order valence-corrected chi connectivity index (χ4v) is 2.24. The smallest absolute Gasteiger partial charge is 0.0389 e. The Morgan fingerprint density at radius 1 is 0.786 bits per heavy atom. The van der Waals surface area contributed by atoms with E-state index < -0.39 is 0 Å². The Morgan fingerprint density at radius 3 is 1.71 bits per heavy atom. The van der Waals surface area contributed by atoms with Gasteiger partial charge in [-0.2, -0.15) is 0 Å². The first kappa shape index (κ1) is 14.0. The van der Waals surface area contributed by atoms with Gasteiger partial charge in [-0.15, -0.1) is 0 Å². The quantitative estimate of drug-likeness (QED) is 0.532. The van der Waals surface area contributed by atoms with E-state index in [9.17, 15) is 0 Å². The third-order valence-electron chi connectivity index (χ3n) is 3.30. The van der Waals surface area contributed by atoms with Gasteiger partial charge in [-0.1, -0.05) is 60.8 Å². The monoisotopic (exact) mass is 198 g/mol. The van der Waals surface area contributed by atoms with Crippen molar-refractivity contribution < 1.29 is 0 Å². The molecule has 0 heteroatoms. The largest absolute Gasteiger partial charge is 0.0651 e. The molecule has 0 saturated heterocycles. The predicted molar refractivity (Wildman–Crippen MR) is 66.5 cm³/mol. The van der Waals surface area contributed by atoms with Crippen molar-refractivity contribution in [3.05, 3.63) is 0 Å². The zero-order valence-electron chi connectivity index (χ0n) is 11.1. The van der Waals surface area contributed by atoms with E-state index in [0.717, 1.165) is 23.7 Å². The fraction of sp³-hybridized carbons (Fsp3) is 1.00. The lowest BCUT2D eigenvalue weighted by atomic mass is 9.81. The molecule has 2 unspecified atom stereocenters. The average molecular weight is 198 g/mol. The summed E-state index contributed by atoms with van der Waals surface area (Å²) >= 11 is 0. The molecular weight excluding hydrogens is 168 g/mol. The van der Waals surface area contributed by atoms with E-state index in [2.05, 4.69) is 41.5 Å². The first-order valence-corrected chi connectivity index (χ1v) is 6.47. The lowest BCUT2D eigenvalue weighted by molar-refractivity contribution is 0.264. The standard InChI is InChI=1S/C14H30/c1-7-14(10-12(4)5)13(6)9-8-11(2)3/h11-14H,7-10H2,1-6H3. The van der Waals surface area contributed by atoms with Crippen LogP contribution >= 0.6 is 0 Å². The Labute approximate surface area is 91.5 Å². The third-order valence-corrected chi connectivity index (χ3v) is 3.30. The van der Waals surface area contributed by atoms with Crippen LogP contribution in [-0.2, 0) is 0 Å². The van der Waals surface area contributed by atoms with Crippen molar-refractivity contribution >= 4 is 0 Å². The van der Waals surface area contributed by atoms with Crippen LogP contribution in [0.4, 0.5) is 0 Å². The Bertz CT molecular complexity index is 124. The second-order valence-corrected chi connectivity index (χ2v) is 5.75. The Kier molecular flexibility index (Phi) is 7.31. The Hall–Kier alpha value is 0. The minimum atomic E-state index is 0.862. The molecule has 0 N–H and O–H groups in total. The Morgan fingerprint density at radius 2 is 1.36 bits per heavy atom. The molecule has 0 nitrogen and oxygen atoms in total. The minimum absolute atomic E-state index is 0.862. The molecule has 0 aromatic carbocycles. The first-order valence-electron chi connectivity index (χ1n) is 6.47. The first-order chi connectivity index (χ1) is 6.47. The fourth-order valence-electron chi connectivity index (χ4n) is 2.24. The predicted octanol–water partition coefficient (Wildman–Crippen LogP) is 5.13. The van der Waals surface area contributed by atoms with Crippen molar-refractivity contribution in [2.24, 2.45) is 23.7 Å². The molecule has 0 heterocycles. The van der Waals surface area contributed by atoms with Gasteiger partial charge in [0.2, 0.25) is 0 Å². The van der Waals surface area contributed by atoms with E-state index in [1.807, 2.05) is 0 Å². The van der Waals surface area contributed by atoms with Gasteiger partial charge in [0, 0.05) is 0 Å². The van der Waals surface area contributed by atoms with Crippen molar-refractivity contribution in [1.29, 1.82) is 0 Å². The molecule has 0 radical (unpaired) electrons. The molecule has 0 saturated carbocycles. The van der Waals surface area contributed by atoms with Gasteiger partial charge in [0.1, 0.15) is 0 Å². The molecular formula is C14H30. The van der Waals surface area contributed by atoms with Gasteiger partial charge in [0.25, 0.3) is 0 Å². The SMILES string of the molecule is CCC(CC(C)C)C(C)CCC(C)C. The summed E-state index contributed by atoms with van der Waals surface area (Å²) in [5.41, 5.74) is 0. The normalized spacial score (nSPS) is 16.3. The van der Waals surface area contributed by atoms with Crippen molar-refractivity contribution in [2.45, 2.75) is 67.2 Å². The van der Waals surface area contributed by atoms with Gasteiger partial charge in [-0.3, -0.25) is 0 Å². The van der Waals surface area contributed by atoms with Gasteiger partial charge >= 0.3 is 0 Å². The summed E-state index contributed by atoms with van der Waals surface area (Å²) in [6.07, 6.45) is 5.59. The summed E-state index contributed by atoms with van der Waals surface area (Å²) in [5, 5.41) is 0. The maximum absolute atomic E-state index is 2.44. The van der Waals surface area contributed by atoms with Crippen LogP contribution in [0.5, 0.6) is 0 Å². The summed E-state index contributed by atoms with van der Waals surface area (Å²) in [6, 6.07) is 0. The summed E-state index contributed by atoms with van der Waals surface area (Å²) in [6.45, 7) is 14.1. The lowest BCUT2D eigenvalue weighted by Crippen LogP contribution is -2.14. The van der Waals surface area contributed by atoms with E-state index in [4.69, 9.17) is 0 Å². The lowest BCUT2D eigenvalue weighted by Gasteiger charge is -2.25. The van der Waals surface area contributed by atoms with Crippen LogP contribution in [0.2, 0.25) is 0 Å². The van der Waals surface area contributed by atoms with Crippen LogP contribution in [0, 0.1) is 23.7 Å². The van der Waals surface area contributed by atoms with Crippen molar-refractivity contribution in [3.8, 4) is 0 Å². The molecule has 2 atom stereocenters. The molecule has 0 amide bonds. The van der Waals surface area contributed by atoms with E-state index in [1.54, 1.807) is 0 Å². The summed E-state index contributed by atoms with van der Waals surface area (Å²) in [4.78, 5) is 0. The number of hydrogen-bond donors (Lipinski definition) is 0. The average Bonchev–Trinajstić information content (AvgIpc) is 2.09. The van der Waals surface area contributed by atoms with Gasteiger partial charge in [0.15, 0.2) is 0 Å². The minimum Gasteiger partial charge on any atom is -0.0651 e. The van der Waals surface area contributed by atoms with Crippen LogP contribution in [0.3, 0.4) is 0 Å². The highest BCUT2D eigenvalue weighted by Gasteiger charge is 2.16. The molecule has 0 aliphatic carbocycles. The number of rotatable bonds is 7. The molecule has 0 aromatic heterocycles. The molecule has 0 bridgehead atoms. The van der Waals surface area contributed by atoms with E-state index >= 15 is 0 Å². The molecule has 86 valence electrons. The zero-order valence-corrected chi connectivity index (χ0v) is 11.1. The third kappa shape index (κ3) is 6.45. The summed E-state index contributed by atoms with van der Waals surface area (Å²) < 4.78 is 0.